The standard InChI is InChI=1S/C17H13N5O2.ClH/c23-16-14-15(20-11-19-14)22(13-4-2-1-3-5-13)17(24)21(16)10-12-6-8-18-9-7-12;/h1-9,11H,10H2,(H,19,20);1H. The SMILES string of the molecule is Cl.O=c1c2[nH]cnc2n(-c2ccccc2)c(=O)n1Cc1ccncc1. The van der Waals surface area contributed by atoms with Crippen molar-refractivity contribution in [3.63, 3.8) is 0 Å². The molecule has 0 saturated carbocycles. The summed E-state index contributed by atoms with van der Waals surface area (Å²) in [6, 6.07) is 12.7. The second-order valence-electron chi connectivity index (χ2n) is 5.30. The third-order valence-corrected chi connectivity index (χ3v) is 3.82. The molecule has 0 spiro atoms. The number of nitrogens with zero attached hydrogens (tertiary/aromatic N) is 4. The highest BCUT2D eigenvalue weighted by atomic mass is 35.5. The second kappa shape index (κ2) is 6.74. The Morgan fingerprint density at radius 3 is 2.44 bits per heavy atom. The molecule has 0 radical (unpaired) electrons. The molecule has 0 fully saturated rings. The van der Waals surface area contributed by atoms with E-state index in [4.69, 9.17) is 0 Å². The molecule has 8 heteroatoms. The Balaban J connectivity index is 0.00000182. The van der Waals surface area contributed by atoms with Gasteiger partial charge >= 0.3 is 5.69 Å². The first-order chi connectivity index (χ1) is 11.8. The number of hydrogen-bond donors (Lipinski definition) is 1. The Kier molecular flexibility index (Phi) is 4.49. The Bertz CT molecular complexity index is 1120. The number of imidazole rings is 1. The Labute approximate surface area is 148 Å². The van der Waals surface area contributed by atoms with E-state index in [0.717, 1.165) is 5.56 Å². The molecule has 25 heavy (non-hydrogen) atoms. The Morgan fingerprint density at radius 1 is 1.00 bits per heavy atom. The first-order valence-corrected chi connectivity index (χ1v) is 7.39. The normalized spacial score (nSPS) is 10.6. The summed E-state index contributed by atoms with van der Waals surface area (Å²) in [5.41, 5.74) is 1.28. The molecule has 3 aromatic heterocycles. The molecule has 1 N–H and O–H groups in total. The number of rotatable bonds is 3. The summed E-state index contributed by atoms with van der Waals surface area (Å²) in [7, 11) is 0. The average Bonchev–Trinajstić information content (AvgIpc) is 3.10. The zero-order chi connectivity index (χ0) is 16.5. The fourth-order valence-electron chi connectivity index (χ4n) is 2.67. The van der Waals surface area contributed by atoms with Crippen LogP contribution in [-0.4, -0.2) is 24.1 Å². The lowest BCUT2D eigenvalue weighted by Gasteiger charge is -2.11. The smallest absolute Gasteiger partial charge is 0.337 e. The van der Waals surface area contributed by atoms with Gasteiger partial charge in [0, 0.05) is 12.4 Å². The molecule has 0 unspecified atom stereocenters. The number of halogens is 1. The number of H-pyrrole nitrogens is 1. The maximum atomic E-state index is 13.0. The lowest BCUT2D eigenvalue weighted by molar-refractivity contribution is 0.682. The van der Waals surface area contributed by atoms with E-state index >= 15 is 0 Å². The van der Waals surface area contributed by atoms with Gasteiger partial charge in [0.25, 0.3) is 5.56 Å². The largest absolute Gasteiger partial charge is 0.339 e. The van der Waals surface area contributed by atoms with Gasteiger partial charge in [-0.2, -0.15) is 0 Å². The van der Waals surface area contributed by atoms with Gasteiger partial charge in [-0.1, -0.05) is 18.2 Å². The van der Waals surface area contributed by atoms with Crippen LogP contribution in [0.25, 0.3) is 16.9 Å². The summed E-state index contributed by atoms with van der Waals surface area (Å²) in [6.07, 6.45) is 4.68. The minimum Gasteiger partial charge on any atom is -0.339 e. The van der Waals surface area contributed by atoms with Gasteiger partial charge in [0.05, 0.1) is 18.6 Å². The van der Waals surface area contributed by atoms with Gasteiger partial charge in [0.2, 0.25) is 0 Å². The van der Waals surface area contributed by atoms with Gasteiger partial charge in [0.15, 0.2) is 5.65 Å². The molecule has 0 aliphatic rings. The predicted octanol–water partition coefficient (Wildman–Crippen LogP) is 1.74. The molecule has 1 aromatic carbocycles. The molecule has 0 bridgehead atoms. The van der Waals surface area contributed by atoms with Gasteiger partial charge in [-0.25, -0.2) is 14.3 Å². The number of aromatic amines is 1. The van der Waals surface area contributed by atoms with E-state index in [1.165, 1.54) is 15.5 Å². The number of fused-ring (bicyclic) bond motifs is 1. The molecule has 4 rings (SSSR count). The molecule has 0 atom stereocenters. The third-order valence-electron chi connectivity index (χ3n) is 3.82. The van der Waals surface area contributed by atoms with Crippen molar-refractivity contribution < 1.29 is 0 Å². The van der Waals surface area contributed by atoms with Crippen LogP contribution in [0.3, 0.4) is 0 Å². The summed E-state index contributed by atoms with van der Waals surface area (Å²) in [4.78, 5) is 36.6. The van der Waals surface area contributed by atoms with Crippen LogP contribution in [0.2, 0.25) is 0 Å². The van der Waals surface area contributed by atoms with E-state index < -0.39 is 11.2 Å². The van der Waals surface area contributed by atoms with Gasteiger partial charge in [-0.15, -0.1) is 12.4 Å². The first kappa shape index (κ1) is 16.7. The molecular formula is C17H14ClN5O2. The highest BCUT2D eigenvalue weighted by Crippen LogP contribution is 2.10. The molecule has 0 saturated heterocycles. The molecule has 4 aromatic rings. The van der Waals surface area contributed by atoms with Crippen molar-refractivity contribution in [1.82, 2.24) is 24.1 Å². The van der Waals surface area contributed by atoms with Gasteiger partial charge < -0.3 is 4.98 Å². The summed E-state index contributed by atoms with van der Waals surface area (Å²) in [5, 5.41) is 0. The van der Waals surface area contributed by atoms with Crippen molar-refractivity contribution in [2.75, 3.05) is 0 Å². The average molecular weight is 356 g/mol. The zero-order valence-corrected chi connectivity index (χ0v) is 13.8. The molecule has 126 valence electrons. The van der Waals surface area contributed by atoms with Crippen molar-refractivity contribution >= 4 is 23.6 Å². The molecule has 0 aliphatic heterocycles. The fourth-order valence-corrected chi connectivity index (χ4v) is 2.67. The summed E-state index contributed by atoms with van der Waals surface area (Å²) in [6.45, 7) is 0.169. The number of para-hydroxylation sites is 1. The van der Waals surface area contributed by atoms with Gasteiger partial charge in [-0.3, -0.25) is 14.3 Å². The lowest BCUT2D eigenvalue weighted by Crippen LogP contribution is -2.39. The highest BCUT2D eigenvalue weighted by molar-refractivity contribution is 5.85. The van der Waals surface area contributed by atoms with Crippen LogP contribution in [-0.2, 0) is 6.54 Å². The van der Waals surface area contributed by atoms with Crippen LogP contribution in [0.1, 0.15) is 5.56 Å². The Hall–Kier alpha value is -3.19. The predicted molar refractivity (Wildman–Crippen MR) is 96.5 cm³/mol. The highest BCUT2D eigenvalue weighted by Gasteiger charge is 2.16. The molecule has 0 aliphatic carbocycles. The summed E-state index contributed by atoms with van der Waals surface area (Å²) in [5.74, 6) is 0. The van der Waals surface area contributed by atoms with Crippen LogP contribution < -0.4 is 11.2 Å². The third kappa shape index (κ3) is 2.85. The maximum absolute atomic E-state index is 13.0. The van der Waals surface area contributed by atoms with E-state index in [2.05, 4.69) is 15.0 Å². The fraction of sp³-hybridized carbons (Fsp3) is 0.0588. The lowest BCUT2D eigenvalue weighted by atomic mass is 10.2. The number of pyridine rings is 1. The molecule has 3 heterocycles. The minimum absolute atomic E-state index is 0. The zero-order valence-electron chi connectivity index (χ0n) is 13.0. The minimum atomic E-state index is -0.428. The van der Waals surface area contributed by atoms with Crippen molar-refractivity contribution in [3.8, 4) is 5.69 Å². The number of nitrogens with one attached hydrogen (secondary N) is 1. The molecular weight excluding hydrogens is 342 g/mol. The van der Waals surface area contributed by atoms with Crippen molar-refractivity contribution in [2.45, 2.75) is 6.54 Å². The Morgan fingerprint density at radius 2 is 1.72 bits per heavy atom. The molecule has 0 amide bonds. The van der Waals surface area contributed by atoms with E-state index in [1.54, 1.807) is 36.7 Å². The topological polar surface area (TPSA) is 85.6 Å². The maximum Gasteiger partial charge on any atom is 0.337 e. The number of benzene rings is 1. The molecule has 7 nitrogen and oxygen atoms in total. The number of aromatic nitrogens is 5. The number of hydrogen-bond acceptors (Lipinski definition) is 4. The van der Waals surface area contributed by atoms with Crippen molar-refractivity contribution in [3.05, 3.63) is 87.6 Å². The van der Waals surface area contributed by atoms with Crippen molar-refractivity contribution in [2.24, 2.45) is 0 Å². The van der Waals surface area contributed by atoms with E-state index in [9.17, 15) is 9.59 Å². The van der Waals surface area contributed by atoms with E-state index in [0.29, 0.717) is 16.9 Å². The van der Waals surface area contributed by atoms with Crippen LogP contribution in [0.4, 0.5) is 0 Å². The quantitative estimate of drug-likeness (QED) is 0.606. The van der Waals surface area contributed by atoms with Crippen molar-refractivity contribution in [1.29, 1.82) is 0 Å². The summed E-state index contributed by atoms with van der Waals surface area (Å²) < 4.78 is 2.64. The van der Waals surface area contributed by atoms with Crippen LogP contribution in [0.15, 0.2) is 70.8 Å². The van der Waals surface area contributed by atoms with Crippen LogP contribution in [0.5, 0.6) is 0 Å². The van der Waals surface area contributed by atoms with Gasteiger partial charge in [0.1, 0.15) is 5.52 Å². The van der Waals surface area contributed by atoms with Gasteiger partial charge in [-0.05, 0) is 29.8 Å². The summed E-state index contributed by atoms with van der Waals surface area (Å²) >= 11 is 0. The van der Waals surface area contributed by atoms with Crippen LogP contribution >= 0.6 is 12.4 Å². The first-order valence-electron chi connectivity index (χ1n) is 7.39. The van der Waals surface area contributed by atoms with E-state index in [1.807, 2.05) is 18.2 Å². The second-order valence-corrected chi connectivity index (χ2v) is 5.30. The van der Waals surface area contributed by atoms with E-state index in [-0.39, 0.29) is 19.0 Å². The monoisotopic (exact) mass is 355 g/mol. The van der Waals surface area contributed by atoms with Crippen LogP contribution in [0, 0.1) is 0 Å².